The number of benzene rings is 1. The standard InChI is InChI=1S/C16H26N2O2S/c1-3-17-13(2)14-9-11-16(12-10-14)21(19,20)18-15-7-5-4-6-8-15/h9-13,15,17-18H,3-8H2,1-2H3. The molecule has 2 rings (SSSR count). The summed E-state index contributed by atoms with van der Waals surface area (Å²) in [6.07, 6.45) is 5.36. The number of rotatable bonds is 6. The van der Waals surface area contributed by atoms with Crippen molar-refractivity contribution in [1.29, 1.82) is 0 Å². The second-order valence-corrected chi connectivity index (χ2v) is 7.52. The molecule has 4 nitrogen and oxygen atoms in total. The highest BCUT2D eigenvalue weighted by Crippen LogP contribution is 2.21. The van der Waals surface area contributed by atoms with Crippen molar-refractivity contribution in [3.8, 4) is 0 Å². The molecule has 0 spiro atoms. The van der Waals surface area contributed by atoms with Crippen LogP contribution in [0, 0.1) is 0 Å². The number of sulfonamides is 1. The summed E-state index contributed by atoms with van der Waals surface area (Å²) >= 11 is 0. The molecule has 0 amide bonds. The maximum absolute atomic E-state index is 12.4. The molecule has 0 aromatic heterocycles. The van der Waals surface area contributed by atoms with E-state index in [0.29, 0.717) is 4.90 Å². The van der Waals surface area contributed by atoms with Gasteiger partial charge < -0.3 is 5.32 Å². The van der Waals surface area contributed by atoms with E-state index in [0.717, 1.165) is 37.8 Å². The second kappa shape index (κ2) is 7.38. The zero-order valence-electron chi connectivity index (χ0n) is 12.9. The first kappa shape index (κ1) is 16.5. The lowest BCUT2D eigenvalue weighted by Gasteiger charge is -2.22. The van der Waals surface area contributed by atoms with E-state index in [9.17, 15) is 8.42 Å². The number of hydrogen-bond acceptors (Lipinski definition) is 3. The van der Waals surface area contributed by atoms with Gasteiger partial charge in [-0.1, -0.05) is 38.3 Å². The molecule has 0 heterocycles. The van der Waals surface area contributed by atoms with Crippen molar-refractivity contribution in [3.05, 3.63) is 29.8 Å². The zero-order chi connectivity index (χ0) is 15.3. The zero-order valence-corrected chi connectivity index (χ0v) is 13.7. The van der Waals surface area contributed by atoms with Crippen molar-refractivity contribution < 1.29 is 8.42 Å². The Labute approximate surface area is 128 Å². The molecule has 0 bridgehead atoms. The van der Waals surface area contributed by atoms with E-state index in [4.69, 9.17) is 0 Å². The van der Waals surface area contributed by atoms with Gasteiger partial charge in [0.15, 0.2) is 0 Å². The summed E-state index contributed by atoms with van der Waals surface area (Å²) in [6.45, 7) is 5.03. The van der Waals surface area contributed by atoms with Crippen molar-refractivity contribution in [2.24, 2.45) is 0 Å². The topological polar surface area (TPSA) is 58.2 Å². The first-order chi connectivity index (χ1) is 10.0. The van der Waals surface area contributed by atoms with E-state index in [-0.39, 0.29) is 12.1 Å². The molecule has 1 saturated carbocycles. The highest BCUT2D eigenvalue weighted by Gasteiger charge is 2.21. The molecule has 1 aliphatic carbocycles. The van der Waals surface area contributed by atoms with Crippen molar-refractivity contribution >= 4 is 10.0 Å². The van der Waals surface area contributed by atoms with Crippen molar-refractivity contribution in [1.82, 2.24) is 10.0 Å². The first-order valence-corrected chi connectivity index (χ1v) is 9.37. The van der Waals surface area contributed by atoms with Crippen molar-refractivity contribution in [2.45, 2.75) is 62.9 Å². The van der Waals surface area contributed by atoms with E-state index < -0.39 is 10.0 Å². The minimum Gasteiger partial charge on any atom is -0.310 e. The summed E-state index contributed by atoms with van der Waals surface area (Å²) in [5.74, 6) is 0. The Kier molecular flexibility index (Phi) is 5.79. The van der Waals surface area contributed by atoms with Crippen LogP contribution in [0.2, 0.25) is 0 Å². The smallest absolute Gasteiger partial charge is 0.240 e. The third-order valence-corrected chi connectivity index (χ3v) is 5.66. The van der Waals surface area contributed by atoms with Gasteiger partial charge in [-0.05, 0) is 44.0 Å². The van der Waals surface area contributed by atoms with Crippen LogP contribution in [0.5, 0.6) is 0 Å². The van der Waals surface area contributed by atoms with Gasteiger partial charge in [-0.25, -0.2) is 13.1 Å². The van der Waals surface area contributed by atoms with E-state index in [2.05, 4.69) is 23.9 Å². The van der Waals surface area contributed by atoms with E-state index in [1.165, 1.54) is 6.42 Å². The molecule has 1 unspecified atom stereocenters. The van der Waals surface area contributed by atoms with Gasteiger partial charge in [-0.15, -0.1) is 0 Å². The lowest BCUT2D eigenvalue weighted by atomic mass is 9.96. The van der Waals surface area contributed by atoms with Crippen LogP contribution in [0.25, 0.3) is 0 Å². The predicted molar refractivity (Wildman–Crippen MR) is 85.7 cm³/mol. The molecular weight excluding hydrogens is 284 g/mol. The SMILES string of the molecule is CCNC(C)c1ccc(S(=O)(=O)NC2CCCCC2)cc1. The Hall–Kier alpha value is -0.910. The first-order valence-electron chi connectivity index (χ1n) is 7.88. The molecule has 118 valence electrons. The monoisotopic (exact) mass is 310 g/mol. The summed E-state index contributed by atoms with van der Waals surface area (Å²) in [5, 5.41) is 3.32. The van der Waals surface area contributed by atoms with Crippen molar-refractivity contribution in [2.75, 3.05) is 6.54 Å². The Morgan fingerprint density at radius 2 is 1.76 bits per heavy atom. The third kappa shape index (κ3) is 4.53. The van der Waals surface area contributed by atoms with E-state index in [1.54, 1.807) is 12.1 Å². The molecule has 0 saturated heterocycles. The Morgan fingerprint density at radius 3 is 2.33 bits per heavy atom. The van der Waals surface area contributed by atoms with E-state index >= 15 is 0 Å². The minimum absolute atomic E-state index is 0.101. The molecule has 21 heavy (non-hydrogen) atoms. The Balaban J connectivity index is 2.05. The van der Waals surface area contributed by atoms with Crippen LogP contribution in [0.4, 0.5) is 0 Å². The van der Waals surface area contributed by atoms with Crippen LogP contribution in [0.3, 0.4) is 0 Å². The van der Waals surface area contributed by atoms with Crippen LogP contribution in [-0.4, -0.2) is 21.0 Å². The molecule has 1 aliphatic rings. The molecular formula is C16H26N2O2S. The summed E-state index contributed by atoms with van der Waals surface area (Å²) < 4.78 is 27.6. The highest BCUT2D eigenvalue weighted by molar-refractivity contribution is 7.89. The second-order valence-electron chi connectivity index (χ2n) is 5.80. The average Bonchev–Trinajstić information content (AvgIpc) is 2.48. The van der Waals surface area contributed by atoms with Crippen LogP contribution >= 0.6 is 0 Å². The quantitative estimate of drug-likeness (QED) is 0.849. The molecule has 5 heteroatoms. The van der Waals surface area contributed by atoms with Gasteiger partial charge in [-0.2, -0.15) is 0 Å². The number of nitrogens with one attached hydrogen (secondary N) is 2. The van der Waals surface area contributed by atoms with Crippen LogP contribution < -0.4 is 10.0 Å². The Bertz CT molecular complexity index is 534. The third-order valence-electron chi connectivity index (χ3n) is 4.13. The lowest BCUT2D eigenvalue weighted by Crippen LogP contribution is -2.36. The Morgan fingerprint density at radius 1 is 1.14 bits per heavy atom. The van der Waals surface area contributed by atoms with Gasteiger partial charge >= 0.3 is 0 Å². The predicted octanol–water partition coefficient (Wildman–Crippen LogP) is 2.97. The van der Waals surface area contributed by atoms with Gasteiger partial charge in [0.25, 0.3) is 0 Å². The van der Waals surface area contributed by atoms with Gasteiger partial charge in [0.1, 0.15) is 0 Å². The van der Waals surface area contributed by atoms with Gasteiger partial charge in [-0.3, -0.25) is 0 Å². The summed E-state index contributed by atoms with van der Waals surface area (Å²) in [5.41, 5.74) is 1.11. The molecule has 1 aromatic rings. The lowest BCUT2D eigenvalue weighted by molar-refractivity contribution is 0.412. The fraction of sp³-hybridized carbons (Fsp3) is 0.625. The van der Waals surface area contributed by atoms with Crippen molar-refractivity contribution in [3.63, 3.8) is 0 Å². The fourth-order valence-electron chi connectivity index (χ4n) is 2.87. The minimum atomic E-state index is -3.39. The molecule has 0 radical (unpaired) electrons. The summed E-state index contributed by atoms with van der Waals surface area (Å²) in [6, 6.07) is 7.52. The van der Waals surface area contributed by atoms with Gasteiger partial charge in [0, 0.05) is 12.1 Å². The molecule has 0 aliphatic heterocycles. The normalized spacial score (nSPS) is 18.6. The summed E-state index contributed by atoms with van der Waals surface area (Å²) in [4.78, 5) is 0.362. The van der Waals surface area contributed by atoms with Gasteiger partial charge in [0.05, 0.1) is 4.90 Å². The maximum Gasteiger partial charge on any atom is 0.240 e. The average molecular weight is 310 g/mol. The van der Waals surface area contributed by atoms with Crippen LogP contribution in [0.1, 0.15) is 57.6 Å². The fourth-order valence-corrected chi connectivity index (χ4v) is 4.17. The largest absolute Gasteiger partial charge is 0.310 e. The van der Waals surface area contributed by atoms with Gasteiger partial charge in [0.2, 0.25) is 10.0 Å². The highest BCUT2D eigenvalue weighted by atomic mass is 32.2. The maximum atomic E-state index is 12.4. The van der Waals surface area contributed by atoms with Crippen LogP contribution in [0.15, 0.2) is 29.2 Å². The molecule has 1 atom stereocenters. The number of hydrogen-bond donors (Lipinski definition) is 2. The van der Waals surface area contributed by atoms with Crippen LogP contribution in [-0.2, 0) is 10.0 Å². The van der Waals surface area contributed by atoms with E-state index in [1.807, 2.05) is 12.1 Å². The summed E-state index contributed by atoms with van der Waals surface area (Å²) in [7, 11) is -3.39. The molecule has 1 fully saturated rings. The molecule has 2 N–H and O–H groups in total. The molecule has 1 aromatic carbocycles.